The Hall–Kier alpha value is -2.04. The molecule has 1 aromatic carbocycles. The Kier molecular flexibility index (Phi) is 5.38. The van der Waals surface area contributed by atoms with Gasteiger partial charge >= 0.3 is 12.1 Å². The fourth-order valence-electron chi connectivity index (χ4n) is 3.79. The van der Waals surface area contributed by atoms with Gasteiger partial charge in [0.15, 0.2) is 0 Å². The molecule has 1 amide bonds. The third kappa shape index (κ3) is 3.55. The lowest BCUT2D eigenvalue weighted by molar-refractivity contribution is -0.142. The second-order valence-corrected chi connectivity index (χ2v) is 6.65. The van der Waals surface area contributed by atoms with E-state index in [1.165, 1.54) is 44.1 Å². The molecular formula is C19H25NO4. The monoisotopic (exact) mass is 331 g/mol. The Morgan fingerprint density at radius 3 is 2.67 bits per heavy atom. The molecular weight excluding hydrogens is 306 g/mol. The molecule has 0 bridgehead atoms. The number of ether oxygens (including phenoxy) is 2. The van der Waals surface area contributed by atoms with Gasteiger partial charge in [0.05, 0.1) is 19.4 Å². The summed E-state index contributed by atoms with van der Waals surface area (Å²) in [6.45, 7) is 0.413. The number of para-hydroxylation sites is 1. The number of carbonyl (C=O) groups is 2. The zero-order valence-corrected chi connectivity index (χ0v) is 14.2. The third-order valence-corrected chi connectivity index (χ3v) is 5.12. The van der Waals surface area contributed by atoms with E-state index >= 15 is 0 Å². The Bertz CT molecular complexity index is 595. The Morgan fingerprint density at radius 1 is 1.17 bits per heavy atom. The number of hydrogen-bond donors (Lipinski definition) is 0. The molecule has 5 nitrogen and oxygen atoms in total. The molecule has 1 aromatic rings. The van der Waals surface area contributed by atoms with Crippen LogP contribution in [0.1, 0.15) is 44.1 Å². The molecule has 1 atom stereocenters. The maximum atomic E-state index is 12.6. The predicted octanol–water partition coefficient (Wildman–Crippen LogP) is 3.70. The van der Waals surface area contributed by atoms with Crippen molar-refractivity contribution in [1.82, 2.24) is 0 Å². The summed E-state index contributed by atoms with van der Waals surface area (Å²) >= 11 is 0. The number of hydrogen-bond acceptors (Lipinski definition) is 4. The largest absolute Gasteiger partial charge is 0.467 e. The highest BCUT2D eigenvalue weighted by atomic mass is 16.6. The first-order valence-electron chi connectivity index (χ1n) is 8.82. The van der Waals surface area contributed by atoms with Gasteiger partial charge < -0.3 is 9.47 Å². The average Bonchev–Trinajstić information content (AvgIpc) is 3.01. The number of rotatable bonds is 4. The molecule has 1 fully saturated rings. The number of nitrogens with zero attached hydrogens (tertiary/aromatic N) is 1. The lowest BCUT2D eigenvalue weighted by atomic mass is 9.87. The number of anilines is 1. The summed E-state index contributed by atoms with van der Waals surface area (Å²) < 4.78 is 10.3. The van der Waals surface area contributed by atoms with Crippen LogP contribution in [0.4, 0.5) is 10.5 Å². The van der Waals surface area contributed by atoms with Crippen molar-refractivity contribution in [2.24, 2.45) is 5.92 Å². The quantitative estimate of drug-likeness (QED) is 0.790. The number of amides is 1. The maximum absolute atomic E-state index is 12.6. The molecule has 1 saturated carbocycles. The molecule has 1 aliphatic heterocycles. The first-order chi connectivity index (χ1) is 11.7. The van der Waals surface area contributed by atoms with E-state index in [1.54, 1.807) is 0 Å². The highest BCUT2D eigenvalue weighted by Crippen LogP contribution is 2.33. The Labute approximate surface area is 142 Å². The highest BCUT2D eigenvalue weighted by molar-refractivity contribution is 5.98. The number of fused-ring (bicyclic) bond motifs is 1. The molecule has 3 rings (SSSR count). The summed E-state index contributed by atoms with van der Waals surface area (Å²) in [6.07, 6.45) is 7.27. The van der Waals surface area contributed by atoms with Crippen molar-refractivity contribution >= 4 is 17.7 Å². The van der Waals surface area contributed by atoms with Gasteiger partial charge in [-0.1, -0.05) is 50.3 Å². The summed E-state index contributed by atoms with van der Waals surface area (Å²) in [4.78, 5) is 26.1. The van der Waals surface area contributed by atoms with Gasteiger partial charge in [0.2, 0.25) is 0 Å². The third-order valence-electron chi connectivity index (χ3n) is 5.12. The van der Waals surface area contributed by atoms with Gasteiger partial charge in [0.25, 0.3) is 0 Å². The van der Waals surface area contributed by atoms with Gasteiger partial charge in [-0.05, 0) is 24.0 Å². The van der Waals surface area contributed by atoms with Gasteiger partial charge in [-0.15, -0.1) is 0 Å². The van der Waals surface area contributed by atoms with Gasteiger partial charge in [0, 0.05) is 6.42 Å². The summed E-state index contributed by atoms with van der Waals surface area (Å²) in [7, 11) is 1.35. The molecule has 0 spiro atoms. The number of carbonyl (C=O) groups excluding carboxylic acids is 2. The smallest absolute Gasteiger partial charge is 0.415 e. The number of methoxy groups -OCH3 is 1. The minimum absolute atomic E-state index is 0.407. The molecule has 24 heavy (non-hydrogen) atoms. The van der Waals surface area contributed by atoms with Gasteiger partial charge in [-0.25, -0.2) is 9.59 Å². The normalized spacial score (nSPS) is 20.5. The van der Waals surface area contributed by atoms with Crippen LogP contribution in [0.15, 0.2) is 24.3 Å². The van der Waals surface area contributed by atoms with E-state index in [9.17, 15) is 9.59 Å². The van der Waals surface area contributed by atoms with E-state index in [4.69, 9.17) is 9.47 Å². The lowest BCUT2D eigenvalue weighted by Crippen LogP contribution is -2.44. The van der Waals surface area contributed by atoms with Crippen LogP contribution in [0.2, 0.25) is 0 Å². The Morgan fingerprint density at radius 2 is 1.92 bits per heavy atom. The van der Waals surface area contributed by atoms with Crippen LogP contribution in [-0.4, -0.2) is 31.8 Å². The minimum atomic E-state index is -0.630. The average molecular weight is 331 g/mol. The van der Waals surface area contributed by atoms with Crippen molar-refractivity contribution < 1.29 is 19.1 Å². The zero-order valence-electron chi connectivity index (χ0n) is 14.2. The fourth-order valence-corrected chi connectivity index (χ4v) is 3.79. The molecule has 2 aliphatic rings. The van der Waals surface area contributed by atoms with Crippen LogP contribution in [0.3, 0.4) is 0 Å². The second-order valence-electron chi connectivity index (χ2n) is 6.65. The van der Waals surface area contributed by atoms with Gasteiger partial charge in [-0.3, -0.25) is 4.90 Å². The summed E-state index contributed by atoms with van der Waals surface area (Å²) in [6, 6.07) is 6.92. The van der Waals surface area contributed by atoms with E-state index in [0.717, 1.165) is 17.7 Å². The van der Waals surface area contributed by atoms with E-state index in [-0.39, 0.29) is 0 Å². The molecule has 0 radical (unpaired) electrons. The van der Waals surface area contributed by atoms with Gasteiger partial charge in [0.1, 0.15) is 6.04 Å². The van der Waals surface area contributed by atoms with Crippen molar-refractivity contribution in [1.29, 1.82) is 0 Å². The molecule has 1 heterocycles. The Balaban J connectivity index is 1.63. The van der Waals surface area contributed by atoms with Crippen LogP contribution in [0.5, 0.6) is 0 Å². The zero-order chi connectivity index (χ0) is 16.9. The summed E-state index contributed by atoms with van der Waals surface area (Å²) in [5.74, 6) is 0.254. The molecule has 130 valence electrons. The maximum Gasteiger partial charge on any atom is 0.415 e. The van der Waals surface area contributed by atoms with Crippen molar-refractivity contribution in [3.05, 3.63) is 29.8 Å². The van der Waals surface area contributed by atoms with Crippen molar-refractivity contribution in [3.8, 4) is 0 Å². The van der Waals surface area contributed by atoms with Crippen LogP contribution in [-0.2, 0) is 20.7 Å². The van der Waals surface area contributed by atoms with Crippen LogP contribution >= 0.6 is 0 Å². The summed E-state index contributed by atoms with van der Waals surface area (Å²) in [5.41, 5.74) is 1.72. The number of esters is 1. The first-order valence-corrected chi connectivity index (χ1v) is 8.82. The highest BCUT2D eigenvalue weighted by Gasteiger charge is 2.39. The standard InChI is InChI=1S/C19H25NO4/c1-23-18(21)17-13-15-9-5-6-10-16(15)20(17)19(22)24-12-11-14-7-3-2-4-8-14/h5-6,9-10,14,17H,2-4,7-8,11-13H2,1H3/t17-/m1/s1. The van der Waals surface area contributed by atoms with Crippen LogP contribution in [0.25, 0.3) is 0 Å². The predicted molar refractivity (Wildman–Crippen MR) is 91.0 cm³/mol. The molecule has 1 aliphatic carbocycles. The SMILES string of the molecule is COC(=O)[C@H]1Cc2ccccc2N1C(=O)OCCC1CCCCC1. The first kappa shape index (κ1) is 16.8. The van der Waals surface area contributed by atoms with Crippen molar-refractivity contribution in [2.45, 2.75) is 51.0 Å². The summed E-state index contributed by atoms with van der Waals surface area (Å²) in [5, 5.41) is 0. The number of benzene rings is 1. The van der Waals surface area contributed by atoms with Crippen molar-refractivity contribution in [2.75, 3.05) is 18.6 Å². The topological polar surface area (TPSA) is 55.8 Å². The molecule has 0 aromatic heterocycles. The lowest BCUT2D eigenvalue weighted by Gasteiger charge is -2.24. The van der Waals surface area contributed by atoms with E-state index in [2.05, 4.69) is 0 Å². The van der Waals surface area contributed by atoms with Crippen molar-refractivity contribution in [3.63, 3.8) is 0 Å². The van der Waals surface area contributed by atoms with E-state index in [1.807, 2.05) is 24.3 Å². The molecule has 0 unspecified atom stereocenters. The minimum Gasteiger partial charge on any atom is -0.467 e. The van der Waals surface area contributed by atoms with Crippen LogP contribution in [0, 0.1) is 5.92 Å². The van der Waals surface area contributed by atoms with E-state index in [0.29, 0.717) is 18.9 Å². The molecule has 0 N–H and O–H groups in total. The second kappa shape index (κ2) is 7.69. The van der Waals surface area contributed by atoms with Gasteiger partial charge in [-0.2, -0.15) is 0 Å². The molecule has 0 saturated heterocycles. The fraction of sp³-hybridized carbons (Fsp3) is 0.579. The van der Waals surface area contributed by atoms with Crippen LogP contribution < -0.4 is 4.90 Å². The van der Waals surface area contributed by atoms with E-state index < -0.39 is 18.1 Å². The molecule has 5 heteroatoms.